The van der Waals surface area contributed by atoms with Gasteiger partial charge in [-0.2, -0.15) is 0 Å². The van der Waals surface area contributed by atoms with Crippen molar-refractivity contribution < 1.29 is 0 Å². The summed E-state index contributed by atoms with van der Waals surface area (Å²) in [7, 11) is 0. The predicted octanol–water partition coefficient (Wildman–Crippen LogP) is 2.91. The van der Waals surface area contributed by atoms with Gasteiger partial charge in [0.15, 0.2) is 11.6 Å². The van der Waals surface area contributed by atoms with Gasteiger partial charge < -0.3 is 11.5 Å². The van der Waals surface area contributed by atoms with Gasteiger partial charge >= 0.3 is 0 Å². The van der Waals surface area contributed by atoms with Gasteiger partial charge in [-0.05, 0) is 12.1 Å². The van der Waals surface area contributed by atoms with E-state index in [0.717, 1.165) is 10.8 Å². The molecule has 0 aliphatic carbocycles. The van der Waals surface area contributed by atoms with Gasteiger partial charge in [-0.3, -0.25) is 5.41 Å². The fourth-order valence-electron chi connectivity index (χ4n) is 1.97. The van der Waals surface area contributed by atoms with Gasteiger partial charge in [-0.15, -0.1) is 10.2 Å². The molecule has 0 amide bonds. The van der Waals surface area contributed by atoms with E-state index in [2.05, 4.69) is 20.2 Å². The maximum Gasteiger partial charge on any atom is 0.174 e. The molecule has 0 unspecified atom stereocenters. The van der Waals surface area contributed by atoms with Crippen LogP contribution in [0.15, 0.2) is 59.0 Å². The van der Waals surface area contributed by atoms with Crippen molar-refractivity contribution in [3.05, 3.63) is 54.4 Å². The molecule has 3 aromatic rings. The largest absolute Gasteiger partial charge is 0.384 e. The van der Waals surface area contributed by atoms with E-state index in [0.29, 0.717) is 22.9 Å². The summed E-state index contributed by atoms with van der Waals surface area (Å²) in [5, 5.41) is 17.4. The number of rotatable bonds is 3. The Hall–Kier alpha value is -3.35. The van der Waals surface area contributed by atoms with E-state index in [1.54, 1.807) is 18.3 Å². The van der Waals surface area contributed by atoms with Crippen LogP contribution in [0, 0.1) is 5.41 Å². The first-order valence-corrected chi connectivity index (χ1v) is 6.50. The van der Waals surface area contributed by atoms with E-state index in [1.807, 2.05) is 24.3 Å². The number of azo groups is 1. The van der Waals surface area contributed by atoms with Gasteiger partial charge in [0.25, 0.3) is 0 Å². The van der Waals surface area contributed by atoms with Crippen molar-refractivity contribution in [2.24, 2.45) is 16.0 Å². The number of hydrogen-bond acceptors (Lipinski definition) is 6. The van der Waals surface area contributed by atoms with Crippen LogP contribution in [0.25, 0.3) is 10.8 Å². The number of amidine groups is 1. The zero-order chi connectivity index (χ0) is 15.5. The lowest BCUT2D eigenvalue weighted by atomic mass is 10.1. The summed E-state index contributed by atoms with van der Waals surface area (Å²) in [6.07, 6.45) is 3.17. The zero-order valence-corrected chi connectivity index (χ0v) is 11.6. The molecule has 0 atom stereocenters. The lowest BCUT2D eigenvalue weighted by molar-refractivity contribution is 1.15. The minimum Gasteiger partial charge on any atom is -0.384 e. The molecule has 0 fully saturated rings. The van der Waals surface area contributed by atoms with Crippen molar-refractivity contribution in [2.75, 3.05) is 5.73 Å². The van der Waals surface area contributed by atoms with Crippen LogP contribution < -0.4 is 11.5 Å². The lowest BCUT2D eigenvalue weighted by Crippen LogP contribution is -2.10. The first-order valence-electron chi connectivity index (χ1n) is 6.50. The minimum atomic E-state index is -0.0431. The van der Waals surface area contributed by atoms with Gasteiger partial charge in [-0.1, -0.05) is 24.3 Å². The standard InChI is InChI=1S/C15H13N7/c16-14(17)10-5-6-12(19-8-10)21-22-13-11-4-2-1-3-9(11)7-20-15(13)18/h1-8H,(H3,16,17)(H2,18,20)/b22-21+. The van der Waals surface area contributed by atoms with Crippen LogP contribution in [0.1, 0.15) is 5.56 Å². The highest BCUT2D eigenvalue weighted by Gasteiger charge is 2.06. The lowest BCUT2D eigenvalue weighted by Gasteiger charge is -2.03. The smallest absolute Gasteiger partial charge is 0.174 e. The van der Waals surface area contributed by atoms with E-state index in [-0.39, 0.29) is 5.84 Å². The van der Waals surface area contributed by atoms with Crippen molar-refractivity contribution >= 4 is 33.9 Å². The average molecular weight is 291 g/mol. The number of aromatic nitrogens is 2. The predicted molar refractivity (Wildman–Crippen MR) is 85.6 cm³/mol. The molecule has 3 rings (SSSR count). The second kappa shape index (κ2) is 5.57. The number of benzene rings is 1. The van der Waals surface area contributed by atoms with Crippen LogP contribution in [0.3, 0.4) is 0 Å². The molecule has 22 heavy (non-hydrogen) atoms. The number of fused-ring (bicyclic) bond motifs is 1. The Bertz CT molecular complexity index is 869. The van der Waals surface area contributed by atoms with E-state index in [9.17, 15) is 0 Å². The molecule has 7 heteroatoms. The van der Waals surface area contributed by atoms with Crippen LogP contribution in [0.2, 0.25) is 0 Å². The first-order chi connectivity index (χ1) is 10.6. The normalized spacial score (nSPS) is 11.1. The van der Waals surface area contributed by atoms with Crippen LogP contribution in [-0.4, -0.2) is 15.8 Å². The zero-order valence-electron chi connectivity index (χ0n) is 11.6. The van der Waals surface area contributed by atoms with Crippen LogP contribution in [0.5, 0.6) is 0 Å². The molecule has 0 saturated heterocycles. The number of anilines is 1. The van der Waals surface area contributed by atoms with E-state index in [4.69, 9.17) is 16.9 Å². The molecule has 0 bridgehead atoms. The molecule has 5 N–H and O–H groups in total. The van der Waals surface area contributed by atoms with Crippen LogP contribution in [-0.2, 0) is 0 Å². The van der Waals surface area contributed by atoms with Crippen LogP contribution in [0.4, 0.5) is 17.3 Å². The third-order valence-electron chi connectivity index (χ3n) is 3.11. The number of pyridine rings is 2. The Kier molecular flexibility index (Phi) is 3.45. The molecule has 0 saturated carbocycles. The Morgan fingerprint density at radius 2 is 1.82 bits per heavy atom. The number of hydrogen-bond donors (Lipinski definition) is 3. The Labute approximate surface area is 126 Å². The molecule has 0 aliphatic rings. The quantitative estimate of drug-likeness (QED) is 0.389. The van der Waals surface area contributed by atoms with Crippen LogP contribution >= 0.6 is 0 Å². The highest BCUT2D eigenvalue weighted by atomic mass is 15.2. The van der Waals surface area contributed by atoms with Crippen molar-refractivity contribution in [2.45, 2.75) is 0 Å². The number of nitrogen functional groups attached to an aromatic ring is 2. The summed E-state index contributed by atoms with van der Waals surface area (Å²) in [5.74, 6) is 0.665. The maximum atomic E-state index is 7.32. The van der Waals surface area contributed by atoms with Crippen molar-refractivity contribution in [3.63, 3.8) is 0 Å². The Balaban J connectivity index is 1.98. The molecular formula is C15H13N7. The second-order valence-electron chi connectivity index (χ2n) is 4.60. The van der Waals surface area contributed by atoms with E-state index >= 15 is 0 Å². The first kappa shape index (κ1) is 13.6. The molecule has 2 aromatic heterocycles. The number of nitrogens with zero attached hydrogens (tertiary/aromatic N) is 4. The minimum absolute atomic E-state index is 0.0431. The summed E-state index contributed by atoms with van der Waals surface area (Å²) < 4.78 is 0. The molecule has 7 nitrogen and oxygen atoms in total. The maximum absolute atomic E-state index is 7.32. The molecule has 0 spiro atoms. The monoisotopic (exact) mass is 291 g/mol. The fourth-order valence-corrected chi connectivity index (χ4v) is 1.97. The summed E-state index contributed by atoms with van der Waals surface area (Å²) >= 11 is 0. The average Bonchev–Trinajstić information content (AvgIpc) is 2.54. The molecule has 108 valence electrons. The molecule has 0 radical (unpaired) electrons. The molecular weight excluding hydrogens is 278 g/mol. The molecule has 2 heterocycles. The van der Waals surface area contributed by atoms with Crippen molar-refractivity contribution in [1.82, 2.24) is 9.97 Å². The molecule has 0 aliphatic heterocycles. The fraction of sp³-hybridized carbons (Fsp3) is 0. The third kappa shape index (κ3) is 2.59. The van der Waals surface area contributed by atoms with Gasteiger partial charge in [-0.25, -0.2) is 9.97 Å². The number of nitrogens with two attached hydrogens (primary N) is 2. The molecule has 1 aromatic carbocycles. The highest BCUT2D eigenvalue weighted by Crippen LogP contribution is 2.31. The topological polar surface area (TPSA) is 126 Å². The van der Waals surface area contributed by atoms with Crippen molar-refractivity contribution in [1.29, 1.82) is 5.41 Å². The van der Waals surface area contributed by atoms with Gasteiger partial charge in [0.05, 0.1) is 0 Å². The SMILES string of the molecule is N=C(N)c1ccc(/N=N/c2c(N)ncc3ccccc23)nc1. The third-order valence-corrected chi connectivity index (χ3v) is 3.11. The summed E-state index contributed by atoms with van der Waals surface area (Å²) in [4.78, 5) is 8.20. The van der Waals surface area contributed by atoms with E-state index in [1.165, 1.54) is 6.20 Å². The highest BCUT2D eigenvalue weighted by molar-refractivity contribution is 5.96. The summed E-state index contributed by atoms with van der Waals surface area (Å²) in [5.41, 5.74) is 12.3. The summed E-state index contributed by atoms with van der Waals surface area (Å²) in [6, 6.07) is 11.0. The van der Waals surface area contributed by atoms with Gasteiger partial charge in [0.2, 0.25) is 0 Å². The Morgan fingerprint density at radius 3 is 2.55 bits per heavy atom. The van der Waals surface area contributed by atoms with Gasteiger partial charge in [0.1, 0.15) is 11.5 Å². The van der Waals surface area contributed by atoms with Crippen molar-refractivity contribution in [3.8, 4) is 0 Å². The number of nitrogens with one attached hydrogen (secondary N) is 1. The van der Waals surface area contributed by atoms with E-state index < -0.39 is 0 Å². The van der Waals surface area contributed by atoms with Gasteiger partial charge in [0, 0.05) is 28.7 Å². The Morgan fingerprint density at radius 1 is 1.00 bits per heavy atom. The summed E-state index contributed by atoms with van der Waals surface area (Å²) in [6.45, 7) is 0. The second-order valence-corrected chi connectivity index (χ2v) is 4.60.